The van der Waals surface area contributed by atoms with Gasteiger partial charge < -0.3 is 19.7 Å². The topological polar surface area (TPSA) is 50.8 Å². The molecule has 0 saturated carbocycles. The highest BCUT2D eigenvalue weighted by Gasteiger charge is 2.21. The van der Waals surface area contributed by atoms with Crippen LogP contribution in [0.1, 0.15) is 31.2 Å². The summed E-state index contributed by atoms with van der Waals surface area (Å²) in [6.07, 6.45) is 4.90. The second-order valence-corrected chi connectivity index (χ2v) is 6.09. The molecular formula is C18H28N2O3. The van der Waals surface area contributed by atoms with E-state index in [0.29, 0.717) is 19.0 Å². The molecule has 0 aromatic heterocycles. The zero-order valence-electron chi connectivity index (χ0n) is 14.4. The number of para-hydroxylation sites is 1. The molecule has 0 aliphatic carbocycles. The Morgan fingerprint density at radius 2 is 2.13 bits per heavy atom. The number of benzene rings is 1. The van der Waals surface area contributed by atoms with Gasteiger partial charge in [0.2, 0.25) is 5.91 Å². The summed E-state index contributed by atoms with van der Waals surface area (Å²) in [6, 6.07) is 6.20. The third-order valence-electron chi connectivity index (χ3n) is 4.54. The van der Waals surface area contributed by atoms with Gasteiger partial charge in [-0.1, -0.05) is 18.6 Å². The van der Waals surface area contributed by atoms with Gasteiger partial charge in [-0.15, -0.1) is 0 Å². The molecule has 5 nitrogen and oxygen atoms in total. The fourth-order valence-corrected chi connectivity index (χ4v) is 3.18. The molecule has 0 bridgehead atoms. The van der Waals surface area contributed by atoms with Gasteiger partial charge in [-0.3, -0.25) is 4.79 Å². The van der Waals surface area contributed by atoms with Crippen molar-refractivity contribution >= 4 is 5.91 Å². The Bertz CT molecular complexity index is 519. The van der Waals surface area contributed by atoms with Gasteiger partial charge in [-0.05, 0) is 44.5 Å². The van der Waals surface area contributed by atoms with Crippen LogP contribution in [0, 0.1) is 0 Å². The number of rotatable bonds is 7. The molecule has 1 amide bonds. The van der Waals surface area contributed by atoms with E-state index in [-0.39, 0.29) is 5.91 Å². The highest BCUT2D eigenvalue weighted by molar-refractivity contribution is 5.76. The molecule has 1 aliphatic heterocycles. The normalized spacial score (nSPS) is 18.5. The standard InChI is InChI=1S/C18H28N2O3/c1-20-12-5-4-8-15(20)13-17(21)19-11-10-14-7-6-9-16(22-2)18(14)23-3/h6-7,9,15H,4-5,8,10-13H2,1-3H3,(H,19,21)/t15-/m0/s1. The van der Waals surface area contributed by atoms with Crippen LogP contribution < -0.4 is 14.8 Å². The number of nitrogens with zero attached hydrogens (tertiary/aromatic N) is 1. The third kappa shape index (κ3) is 4.86. The van der Waals surface area contributed by atoms with Gasteiger partial charge in [0.15, 0.2) is 11.5 Å². The van der Waals surface area contributed by atoms with Gasteiger partial charge >= 0.3 is 0 Å². The molecule has 0 radical (unpaired) electrons. The van der Waals surface area contributed by atoms with E-state index in [1.165, 1.54) is 12.8 Å². The molecule has 1 aromatic rings. The van der Waals surface area contributed by atoms with E-state index in [9.17, 15) is 4.79 Å². The summed E-state index contributed by atoms with van der Waals surface area (Å²) in [5.74, 6) is 1.60. The summed E-state index contributed by atoms with van der Waals surface area (Å²) in [5.41, 5.74) is 1.04. The number of carbonyl (C=O) groups is 1. The maximum atomic E-state index is 12.1. The molecule has 0 unspecified atom stereocenters. The monoisotopic (exact) mass is 320 g/mol. The predicted octanol–water partition coefficient (Wildman–Crippen LogP) is 2.24. The molecule has 23 heavy (non-hydrogen) atoms. The third-order valence-corrected chi connectivity index (χ3v) is 4.54. The van der Waals surface area contributed by atoms with Gasteiger partial charge in [-0.2, -0.15) is 0 Å². The molecule has 0 spiro atoms. The average Bonchev–Trinajstić information content (AvgIpc) is 2.56. The van der Waals surface area contributed by atoms with E-state index in [1.54, 1.807) is 14.2 Å². The summed E-state index contributed by atoms with van der Waals surface area (Å²) < 4.78 is 10.7. The number of nitrogens with one attached hydrogen (secondary N) is 1. The van der Waals surface area contributed by atoms with Crippen LogP contribution in [-0.4, -0.2) is 51.2 Å². The lowest BCUT2D eigenvalue weighted by Gasteiger charge is -2.31. The van der Waals surface area contributed by atoms with E-state index >= 15 is 0 Å². The Labute approximate surface area is 139 Å². The SMILES string of the molecule is COc1cccc(CCNC(=O)C[C@@H]2CCCCN2C)c1OC. The van der Waals surface area contributed by atoms with Crippen LogP contribution in [0.4, 0.5) is 0 Å². The Hall–Kier alpha value is -1.75. The quantitative estimate of drug-likeness (QED) is 0.837. The number of piperidine rings is 1. The lowest BCUT2D eigenvalue weighted by molar-refractivity contribution is -0.122. The molecule has 1 aromatic carbocycles. The fraction of sp³-hybridized carbons (Fsp3) is 0.611. The van der Waals surface area contributed by atoms with Crippen molar-refractivity contribution in [2.24, 2.45) is 0 Å². The first-order valence-corrected chi connectivity index (χ1v) is 8.32. The molecule has 1 N–H and O–H groups in total. The van der Waals surface area contributed by atoms with Crippen molar-refractivity contribution in [3.63, 3.8) is 0 Å². The molecule has 1 saturated heterocycles. The average molecular weight is 320 g/mol. The van der Waals surface area contributed by atoms with Gasteiger partial charge in [0.05, 0.1) is 14.2 Å². The Morgan fingerprint density at radius 1 is 1.30 bits per heavy atom. The summed E-state index contributed by atoms with van der Waals surface area (Å²) in [6.45, 7) is 1.71. The lowest BCUT2D eigenvalue weighted by Crippen LogP contribution is -2.40. The molecule has 2 rings (SSSR count). The van der Waals surface area contributed by atoms with E-state index in [2.05, 4.69) is 17.3 Å². The molecule has 1 heterocycles. The molecule has 5 heteroatoms. The number of amides is 1. The first-order valence-electron chi connectivity index (χ1n) is 8.32. The Kier molecular flexibility index (Phi) is 6.71. The van der Waals surface area contributed by atoms with Crippen LogP contribution in [0.3, 0.4) is 0 Å². The summed E-state index contributed by atoms with van der Waals surface area (Å²) in [7, 11) is 5.38. The van der Waals surface area contributed by atoms with Gasteiger partial charge in [0.25, 0.3) is 0 Å². The van der Waals surface area contributed by atoms with Gasteiger partial charge in [0.1, 0.15) is 0 Å². The lowest BCUT2D eigenvalue weighted by atomic mass is 10.00. The van der Waals surface area contributed by atoms with Crippen molar-refractivity contribution in [3.05, 3.63) is 23.8 Å². The predicted molar refractivity (Wildman–Crippen MR) is 91.1 cm³/mol. The molecule has 1 aliphatic rings. The molecular weight excluding hydrogens is 292 g/mol. The maximum Gasteiger partial charge on any atom is 0.221 e. The maximum absolute atomic E-state index is 12.1. The van der Waals surface area contributed by atoms with Crippen LogP contribution >= 0.6 is 0 Å². The second kappa shape index (κ2) is 8.77. The number of hydrogen-bond acceptors (Lipinski definition) is 4. The number of carbonyl (C=O) groups excluding carboxylic acids is 1. The smallest absolute Gasteiger partial charge is 0.221 e. The molecule has 1 fully saturated rings. The van der Waals surface area contributed by atoms with Crippen molar-refractivity contribution < 1.29 is 14.3 Å². The fourth-order valence-electron chi connectivity index (χ4n) is 3.18. The van der Waals surface area contributed by atoms with Crippen molar-refractivity contribution in [2.45, 2.75) is 38.1 Å². The summed E-state index contributed by atoms with van der Waals surface area (Å²) in [4.78, 5) is 14.4. The van der Waals surface area contributed by atoms with E-state index in [4.69, 9.17) is 9.47 Å². The van der Waals surface area contributed by atoms with Crippen molar-refractivity contribution in [1.82, 2.24) is 10.2 Å². The zero-order valence-corrected chi connectivity index (χ0v) is 14.4. The molecule has 1 atom stereocenters. The van der Waals surface area contributed by atoms with E-state index in [1.807, 2.05) is 18.2 Å². The number of likely N-dealkylation sites (tertiary alicyclic amines) is 1. The van der Waals surface area contributed by atoms with E-state index in [0.717, 1.165) is 36.4 Å². The molecule has 128 valence electrons. The Balaban J connectivity index is 1.81. The minimum absolute atomic E-state index is 0.130. The minimum Gasteiger partial charge on any atom is -0.493 e. The van der Waals surface area contributed by atoms with Crippen LogP contribution in [0.5, 0.6) is 11.5 Å². The van der Waals surface area contributed by atoms with Crippen LogP contribution in [-0.2, 0) is 11.2 Å². The van der Waals surface area contributed by atoms with Crippen molar-refractivity contribution in [3.8, 4) is 11.5 Å². The second-order valence-electron chi connectivity index (χ2n) is 6.09. The first kappa shape index (κ1) is 17.6. The van der Waals surface area contributed by atoms with Crippen molar-refractivity contribution in [2.75, 3.05) is 34.4 Å². The highest BCUT2D eigenvalue weighted by Crippen LogP contribution is 2.30. The Morgan fingerprint density at radius 3 is 2.83 bits per heavy atom. The van der Waals surface area contributed by atoms with Crippen LogP contribution in [0.25, 0.3) is 0 Å². The van der Waals surface area contributed by atoms with E-state index < -0.39 is 0 Å². The van der Waals surface area contributed by atoms with Gasteiger partial charge in [0, 0.05) is 19.0 Å². The number of ether oxygens (including phenoxy) is 2. The van der Waals surface area contributed by atoms with Crippen LogP contribution in [0.15, 0.2) is 18.2 Å². The number of hydrogen-bond donors (Lipinski definition) is 1. The summed E-state index contributed by atoms with van der Waals surface area (Å²) >= 11 is 0. The highest BCUT2D eigenvalue weighted by atomic mass is 16.5. The van der Waals surface area contributed by atoms with Crippen molar-refractivity contribution in [1.29, 1.82) is 0 Å². The first-order chi connectivity index (χ1) is 11.2. The van der Waals surface area contributed by atoms with Gasteiger partial charge in [-0.25, -0.2) is 0 Å². The zero-order chi connectivity index (χ0) is 16.7. The summed E-state index contributed by atoms with van der Waals surface area (Å²) in [5, 5.41) is 3.03. The number of methoxy groups -OCH3 is 2. The minimum atomic E-state index is 0.130. The largest absolute Gasteiger partial charge is 0.493 e. The van der Waals surface area contributed by atoms with Crippen LogP contribution in [0.2, 0.25) is 0 Å².